The molecule has 1 aromatic heterocycles. The summed E-state index contributed by atoms with van der Waals surface area (Å²) < 4.78 is 32.4. The van der Waals surface area contributed by atoms with E-state index < -0.39 is 47.3 Å². The molecule has 13 heteroatoms. The highest BCUT2D eigenvalue weighted by molar-refractivity contribution is 6.20. The van der Waals surface area contributed by atoms with Crippen LogP contribution in [0.3, 0.4) is 0 Å². The maximum absolute atomic E-state index is 16.1. The Morgan fingerprint density at radius 1 is 1.14 bits per heavy atom. The minimum atomic E-state index is -1.75. The second kappa shape index (κ2) is 7.13. The minimum Gasteiger partial charge on any atom is -0.447 e. The minimum absolute atomic E-state index is 0.0873. The van der Waals surface area contributed by atoms with Crippen LogP contribution in [-0.4, -0.2) is 66.5 Å². The van der Waals surface area contributed by atoms with Gasteiger partial charge in [-0.05, 0) is 32.4 Å². The van der Waals surface area contributed by atoms with Gasteiger partial charge in [-0.2, -0.15) is 0 Å². The number of barbiturate groups is 1. The van der Waals surface area contributed by atoms with Crippen molar-refractivity contribution in [2.24, 2.45) is 5.41 Å². The van der Waals surface area contributed by atoms with Gasteiger partial charge < -0.3 is 18.9 Å². The Hall–Kier alpha value is -3.74. The molecule has 6 rings (SSSR count). The number of carbonyl (C=O) groups is 4. The number of hydrogen-bond donors (Lipinski definition) is 2. The summed E-state index contributed by atoms with van der Waals surface area (Å²) in [4.78, 5) is 53.6. The SMILES string of the molecule is CC1CN2c3c(cc4c(N5C(=O)OCC5C)noc4c3F)CC3(C(=O)NC(=O)NC3=O)[C@@H]2C(C)O1. The number of ether oxygens (including phenoxy) is 2. The van der Waals surface area contributed by atoms with Gasteiger partial charge >= 0.3 is 12.1 Å². The van der Waals surface area contributed by atoms with Gasteiger partial charge in [-0.3, -0.25) is 25.1 Å². The summed E-state index contributed by atoms with van der Waals surface area (Å²) >= 11 is 0. The molecule has 0 aliphatic carbocycles. The number of urea groups is 1. The molecule has 12 nitrogen and oxygen atoms in total. The van der Waals surface area contributed by atoms with Gasteiger partial charge in [0, 0.05) is 13.0 Å². The largest absolute Gasteiger partial charge is 0.447 e. The highest BCUT2D eigenvalue weighted by Crippen LogP contribution is 2.49. The van der Waals surface area contributed by atoms with Gasteiger partial charge in [0.15, 0.2) is 17.1 Å². The summed E-state index contributed by atoms with van der Waals surface area (Å²) in [5, 5.41) is 8.55. The van der Waals surface area contributed by atoms with Crippen molar-refractivity contribution in [1.82, 2.24) is 15.8 Å². The maximum atomic E-state index is 16.1. The normalized spacial score (nSPS) is 29.7. The second-order valence-corrected chi connectivity index (χ2v) is 9.51. The van der Waals surface area contributed by atoms with Crippen LogP contribution in [0.5, 0.6) is 0 Å². The van der Waals surface area contributed by atoms with Crippen LogP contribution in [0.15, 0.2) is 10.6 Å². The fourth-order valence-corrected chi connectivity index (χ4v) is 5.92. The second-order valence-electron chi connectivity index (χ2n) is 9.51. The fourth-order valence-electron chi connectivity index (χ4n) is 5.92. The summed E-state index contributed by atoms with van der Waals surface area (Å²) in [6.07, 6.45) is -1.81. The molecule has 1 aromatic carbocycles. The molecule has 3 saturated heterocycles. The molecule has 1 spiro atoms. The molecule has 4 aliphatic heterocycles. The molecular weight excluding hydrogens is 465 g/mol. The number of amides is 5. The smallest absolute Gasteiger partial charge is 0.416 e. The molecule has 4 atom stereocenters. The van der Waals surface area contributed by atoms with Gasteiger partial charge in [0.25, 0.3) is 0 Å². The first-order valence-corrected chi connectivity index (χ1v) is 11.3. The van der Waals surface area contributed by atoms with Crippen molar-refractivity contribution in [2.75, 3.05) is 23.0 Å². The van der Waals surface area contributed by atoms with Gasteiger partial charge in [0.2, 0.25) is 17.4 Å². The van der Waals surface area contributed by atoms with Crippen LogP contribution in [0.2, 0.25) is 0 Å². The van der Waals surface area contributed by atoms with Crippen molar-refractivity contribution in [3.05, 3.63) is 17.4 Å². The first-order valence-electron chi connectivity index (χ1n) is 11.3. The van der Waals surface area contributed by atoms with Crippen LogP contribution in [0.4, 0.5) is 25.5 Å². The van der Waals surface area contributed by atoms with Gasteiger partial charge in [0.1, 0.15) is 6.61 Å². The van der Waals surface area contributed by atoms with Crippen molar-refractivity contribution < 1.29 is 37.6 Å². The van der Waals surface area contributed by atoms with E-state index in [-0.39, 0.29) is 54.2 Å². The number of nitrogens with zero attached hydrogens (tertiary/aromatic N) is 3. The lowest BCUT2D eigenvalue weighted by atomic mass is 9.66. The number of anilines is 2. The monoisotopic (exact) mass is 487 g/mol. The molecule has 2 N–H and O–H groups in total. The molecule has 3 unspecified atom stereocenters. The molecular formula is C22H22FN5O7. The van der Waals surface area contributed by atoms with Crippen molar-refractivity contribution in [2.45, 2.75) is 51.5 Å². The first kappa shape index (κ1) is 21.8. The zero-order chi connectivity index (χ0) is 24.8. The zero-order valence-electron chi connectivity index (χ0n) is 19.1. The predicted molar refractivity (Wildman–Crippen MR) is 116 cm³/mol. The van der Waals surface area contributed by atoms with E-state index in [1.54, 1.807) is 24.8 Å². The predicted octanol–water partition coefficient (Wildman–Crippen LogP) is 1.20. The van der Waals surface area contributed by atoms with E-state index in [2.05, 4.69) is 15.8 Å². The van der Waals surface area contributed by atoms with Gasteiger partial charge in [0.05, 0.1) is 35.4 Å². The van der Waals surface area contributed by atoms with E-state index in [1.165, 1.54) is 4.90 Å². The first-order chi connectivity index (χ1) is 16.6. The number of cyclic esters (lactones) is 1. The van der Waals surface area contributed by atoms with Crippen molar-refractivity contribution in [3.8, 4) is 0 Å². The topological polar surface area (TPSA) is 143 Å². The van der Waals surface area contributed by atoms with E-state index in [4.69, 9.17) is 14.0 Å². The molecule has 2 aromatic rings. The third kappa shape index (κ3) is 2.78. The number of fused-ring (bicyclic) bond motifs is 5. The molecule has 35 heavy (non-hydrogen) atoms. The Kier molecular flexibility index (Phi) is 4.44. The van der Waals surface area contributed by atoms with Crippen LogP contribution < -0.4 is 20.4 Å². The Balaban J connectivity index is 1.58. The average molecular weight is 487 g/mol. The summed E-state index contributed by atoms with van der Waals surface area (Å²) in [5.41, 5.74) is -1.39. The standard InChI is InChI=1S/C22H22FN5O7/c1-8-7-33-21(32)28(8)17-12-4-11-5-22(18(29)24-20(31)25-19(22)30)16-10(3)34-9(2)6-27(16)14(11)13(23)15(12)35-26-17/h4,8-10,16H,5-7H2,1-3H3,(H2,24,25,29,30,31)/t8?,9?,10?,16-/m0/s1. The van der Waals surface area contributed by atoms with Crippen molar-refractivity contribution in [1.29, 1.82) is 0 Å². The van der Waals surface area contributed by atoms with Crippen LogP contribution in [-0.2, 0) is 25.5 Å². The number of imide groups is 2. The summed E-state index contributed by atoms with van der Waals surface area (Å²) in [5.74, 6) is -2.19. The van der Waals surface area contributed by atoms with Crippen LogP contribution >= 0.6 is 0 Å². The van der Waals surface area contributed by atoms with Crippen LogP contribution in [0.25, 0.3) is 11.0 Å². The number of rotatable bonds is 1. The third-order valence-electron chi connectivity index (χ3n) is 7.26. The van der Waals surface area contributed by atoms with E-state index in [1.807, 2.05) is 6.92 Å². The molecule has 0 bridgehead atoms. The fraction of sp³-hybridized carbons (Fsp3) is 0.500. The van der Waals surface area contributed by atoms with Crippen molar-refractivity contribution >= 4 is 46.4 Å². The lowest BCUT2D eigenvalue weighted by Gasteiger charge is -2.55. The molecule has 5 heterocycles. The molecule has 4 aliphatic rings. The highest BCUT2D eigenvalue weighted by atomic mass is 19.1. The molecule has 3 fully saturated rings. The Labute approximate surface area is 197 Å². The highest BCUT2D eigenvalue weighted by Gasteiger charge is 2.63. The Morgan fingerprint density at radius 3 is 2.51 bits per heavy atom. The molecule has 5 amide bonds. The lowest BCUT2D eigenvalue weighted by molar-refractivity contribution is -0.153. The van der Waals surface area contributed by atoms with E-state index in [0.717, 1.165) is 0 Å². The summed E-state index contributed by atoms with van der Waals surface area (Å²) in [7, 11) is 0. The lowest BCUT2D eigenvalue weighted by Crippen LogP contribution is -2.75. The summed E-state index contributed by atoms with van der Waals surface area (Å²) in [6.45, 7) is 5.60. The van der Waals surface area contributed by atoms with Gasteiger partial charge in [-0.1, -0.05) is 5.16 Å². The van der Waals surface area contributed by atoms with E-state index in [9.17, 15) is 19.2 Å². The number of halogens is 1. The van der Waals surface area contributed by atoms with Crippen molar-refractivity contribution in [3.63, 3.8) is 0 Å². The number of carbonyl (C=O) groups excluding carboxylic acids is 4. The average Bonchev–Trinajstić information content (AvgIpc) is 3.33. The van der Waals surface area contributed by atoms with Crippen LogP contribution in [0.1, 0.15) is 26.3 Å². The molecule has 184 valence electrons. The number of aromatic nitrogens is 1. The van der Waals surface area contributed by atoms with Gasteiger partial charge in [-0.25, -0.2) is 14.0 Å². The molecule has 0 radical (unpaired) electrons. The Bertz CT molecular complexity index is 1300. The van der Waals surface area contributed by atoms with E-state index in [0.29, 0.717) is 5.56 Å². The summed E-state index contributed by atoms with van der Waals surface area (Å²) in [6, 6.07) is -0.572. The number of hydrogen-bond acceptors (Lipinski definition) is 9. The molecule has 0 saturated carbocycles. The van der Waals surface area contributed by atoms with E-state index >= 15 is 4.39 Å². The Morgan fingerprint density at radius 2 is 1.86 bits per heavy atom. The third-order valence-corrected chi connectivity index (χ3v) is 7.26. The quantitative estimate of drug-likeness (QED) is 0.567. The number of nitrogens with one attached hydrogen (secondary N) is 2. The van der Waals surface area contributed by atoms with Crippen LogP contribution in [0, 0.1) is 11.2 Å². The van der Waals surface area contributed by atoms with Gasteiger partial charge in [-0.15, -0.1) is 0 Å². The zero-order valence-corrected chi connectivity index (χ0v) is 19.1. The maximum Gasteiger partial charge on any atom is 0.416 e. The number of benzene rings is 1. The number of morpholine rings is 1.